The van der Waals surface area contributed by atoms with Crippen molar-refractivity contribution in [2.45, 2.75) is 75.2 Å². The van der Waals surface area contributed by atoms with Crippen LogP contribution in [-0.4, -0.2) is 20.2 Å². The van der Waals surface area contributed by atoms with Crippen LogP contribution in [0.4, 0.5) is 0 Å². The molecule has 0 spiro atoms. The Morgan fingerprint density at radius 3 is 2.93 bits per heavy atom. The number of aryl methyl sites for hydroxylation is 1. The molecule has 3 aromatic rings. The van der Waals surface area contributed by atoms with Crippen LogP contribution in [0.25, 0.3) is 10.2 Å². The minimum absolute atomic E-state index is 0.0129. The molecule has 2 aliphatic carbocycles. The molecule has 1 saturated carbocycles. The van der Waals surface area contributed by atoms with E-state index in [9.17, 15) is 4.79 Å². The lowest BCUT2D eigenvalue weighted by Crippen LogP contribution is -2.14. The Labute approximate surface area is 171 Å². The van der Waals surface area contributed by atoms with Crippen molar-refractivity contribution in [1.82, 2.24) is 20.2 Å². The predicted molar refractivity (Wildman–Crippen MR) is 111 cm³/mol. The molecule has 2 aliphatic rings. The van der Waals surface area contributed by atoms with Crippen molar-refractivity contribution in [2.24, 2.45) is 5.92 Å². The molecule has 0 saturated heterocycles. The number of hydrogen-bond acceptors (Lipinski definition) is 7. The fourth-order valence-corrected chi connectivity index (χ4v) is 6.43. The van der Waals surface area contributed by atoms with Crippen LogP contribution in [0, 0.1) is 5.92 Å². The molecule has 28 heavy (non-hydrogen) atoms. The summed E-state index contributed by atoms with van der Waals surface area (Å²) >= 11 is 3.13. The van der Waals surface area contributed by atoms with Gasteiger partial charge in [-0.2, -0.15) is 0 Å². The predicted octanol–water partition coefficient (Wildman–Crippen LogP) is 4.83. The van der Waals surface area contributed by atoms with Gasteiger partial charge < -0.3 is 9.40 Å². The zero-order valence-corrected chi connectivity index (χ0v) is 17.6. The zero-order chi connectivity index (χ0) is 19.1. The Bertz CT molecular complexity index is 1050. The van der Waals surface area contributed by atoms with Gasteiger partial charge in [0.1, 0.15) is 10.7 Å². The largest absolute Gasteiger partial charge is 0.416 e. The number of hydrogen-bond donors (Lipinski definition) is 1. The first-order valence-corrected chi connectivity index (χ1v) is 12.0. The first-order chi connectivity index (χ1) is 13.7. The SMILES string of the molecule is C[C@@H]1CCc2c(sc3nc(CSc4nnc(C5CCCCC5)o4)[nH]c(=O)c23)C1. The third kappa shape index (κ3) is 3.52. The van der Waals surface area contributed by atoms with E-state index in [0.29, 0.717) is 28.6 Å². The van der Waals surface area contributed by atoms with Gasteiger partial charge in [0.2, 0.25) is 5.89 Å². The second kappa shape index (κ2) is 7.63. The van der Waals surface area contributed by atoms with Crippen molar-refractivity contribution in [3.63, 3.8) is 0 Å². The molecule has 6 nitrogen and oxygen atoms in total. The zero-order valence-electron chi connectivity index (χ0n) is 16.0. The molecule has 0 amide bonds. The maximum atomic E-state index is 12.7. The van der Waals surface area contributed by atoms with E-state index in [1.807, 2.05) is 0 Å². The van der Waals surface area contributed by atoms with E-state index in [2.05, 4.69) is 22.1 Å². The molecule has 1 N–H and O–H groups in total. The maximum absolute atomic E-state index is 12.7. The summed E-state index contributed by atoms with van der Waals surface area (Å²) in [6, 6.07) is 0. The van der Waals surface area contributed by atoms with Crippen molar-refractivity contribution in [3.8, 4) is 0 Å². The normalized spacial score (nSPS) is 20.5. The van der Waals surface area contributed by atoms with E-state index in [1.165, 1.54) is 41.5 Å². The monoisotopic (exact) mass is 416 g/mol. The Morgan fingerprint density at radius 1 is 1.21 bits per heavy atom. The molecule has 0 aromatic carbocycles. The number of thioether (sulfide) groups is 1. The van der Waals surface area contributed by atoms with Gasteiger partial charge >= 0.3 is 0 Å². The number of rotatable bonds is 4. The number of nitrogens with one attached hydrogen (secondary N) is 1. The summed E-state index contributed by atoms with van der Waals surface area (Å²) in [6.07, 6.45) is 9.26. The lowest BCUT2D eigenvalue weighted by Gasteiger charge is -2.17. The van der Waals surface area contributed by atoms with Crippen LogP contribution in [0.5, 0.6) is 0 Å². The standard InChI is InChI=1S/C20H24N4O2S2/c1-11-7-8-13-14(9-11)28-19-16(13)17(25)21-15(22-19)10-27-20-24-23-18(26-20)12-5-3-2-4-6-12/h11-12H,2-10H2,1H3,(H,21,22,25)/t11-/m1/s1. The van der Waals surface area contributed by atoms with E-state index in [0.717, 1.165) is 48.2 Å². The van der Waals surface area contributed by atoms with Crippen LogP contribution in [0.1, 0.15) is 73.5 Å². The van der Waals surface area contributed by atoms with Crippen LogP contribution >= 0.6 is 23.1 Å². The van der Waals surface area contributed by atoms with Crippen molar-refractivity contribution in [2.75, 3.05) is 0 Å². The molecule has 3 heterocycles. The molecule has 1 atom stereocenters. The number of thiophene rings is 1. The van der Waals surface area contributed by atoms with Crippen LogP contribution < -0.4 is 5.56 Å². The van der Waals surface area contributed by atoms with Crippen LogP contribution in [-0.2, 0) is 18.6 Å². The second-order valence-electron chi connectivity index (χ2n) is 8.07. The van der Waals surface area contributed by atoms with Crippen molar-refractivity contribution < 1.29 is 4.42 Å². The smallest absolute Gasteiger partial charge is 0.277 e. The van der Waals surface area contributed by atoms with Gasteiger partial charge in [-0.05, 0) is 43.6 Å². The fourth-order valence-electron chi connectivity index (χ4n) is 4.39. The molecule has 3 aromatic heterocycles. The molecular formula is C20H24N4O2S2. The van der Waals surface area contributed by atoms with E-state index in [1.54, 1.807) is 11.3 Å². The highest BCUT2D eigenvalue weighted by Crippen LogP contribution is 2.36. The molecule has 0 unspecified atom stereocenters. The molecule has 5 rings (SSSR count). The molecular weight excluding hydrogens is 392 g/mol. The van der Waals surface area contributed by atoms with Gasteiger partial charge in [0, 0.05) is 10.8 Å². The quantitative estimate of drug-likeness (QED) is 0.613. The Balaban J connectivity index is 1.33. The number of aromatic nitrogens is 4. The molecule has 8 heteroatoms. The van der Waals surface area contributed by atoms with Gasteiger partial charge in [-0.15, -0.1) is 21.5 Å². The summed E-state index contributed by atoms with van der Waals surface area (Å²) in [5.41, 5.74) is 1.21. The summed E-state index contributed by atoms with van der Waals surface area (Å²) in [4.78, 5) is 22.6. The summed E-state index contributed by atoms with van der Waals surface area (Å²) < 4.78 is 5.86. The topological polar surface area (TPSA) is 84.7 Å². The first-order valence-electron chi connectivity index (χ1n) is 10.2. The fraction of sp³-hybridized carbons (Fsp3) is 0.600. The minimum atomic E-state index is -0.0129. The summed E-state index contributed by atoms with van der Waals surface area (Å²) in [7, 11) is 0. The van der Waals surface area contributed by atoms with Crippen molar-refractivity contribution in [3.05, 3.63) is 32.5 Å². The molecule has 0 aliphatic heterocycles. The molecule has 148 valence electrons. The summed E-state index contributed by atoms with van der Waals surface area (Å²) in [5.74, 6) is 3.05. The highest BCUT2D eigenvalue weighted by Gasteiger charge is 2.24. The van der Waals surface area contributed by atoms with Gasteiger partial charge in [0.15, 0.2) is 0 Å². The van der Waals surface area contributed by atoms with E-state index < -0.39 is 0 Å². The third-order valence-corrected chi connectivity index (χ3v) is 7.90. The van der Waals surface area contributed by atoms with Crippen LogP contribution in [0.2, 0.25) is 0 Å². The Kier molecular flexibility index (Phi) is 5.00. The minimum Gasteiger partial charge on any atom is -0.416 e. The molecule has 1 fully saturated rings. The van der Waals surface area contributed by atoms with Crippen LogP contribution in [0.15, 0.2) is 14.4 Å². The van der Waals surface area contributed by atoms with Gasteiger partial charge in [0.25, 0.3) is 10.8 Å². The highest BCUT2D eigenvalue weighted by atomic mass is 32.2. The molecule has 0 radical (unpaired) electrons. The average molecular weight is 417 g/mol. The summed E-state index contributed by atoms with van der Waals surface area (Å²) in [5, 5.41) is 9.79. The lowest BCUT2D eigenvalue weighted by atomic mass is 9.89. The van der Waals surface area contributed by atoms with E-state index in [-0.39, 0.29) is 5.56 Å². The van der Waals surface area contributed by atoms with Gasteiger partial charge in [-0.25, -0.2) is 4.98 Å². The molecule has 0 bridgehead atoms. The lowest BCUT2D eigenvalue weighted by molar-refractivity contribution is 0.334. The highest BCUT2D eigenvalue weighted by molar-refractivity contribution is 7.98. The van der Waals surface area contributed by atoms with Crippen molar-refractivity contribution in [1.29, 1.82) is 0 Å². The van der Waals surface area contributed by atoms with Gasteiger partial charge in [0.05, 0.1) is 11.1 Å². The second-order valence-corrected chi connectivity index (χ2v) is 10.1. The van der Waals surface area contributed by atoms with Crippen molar-refractivity contribution >= 4 is 33.3 Å². The Morgan fingerprint density at radius 2 is 2.07 bits per heavy atom. The number of nitrogens with zero attached hydrogens (tertiary/aromatic N) is 3. The van der Waals surface area contributed by atoms with Gasteiger partial charge in [-0.1, -0.05) is 37.9 Å². The van der Waals surface area contributed by atoms with Crippen LogP contribution in [0.3, 0.4) is 0 Å². The third-order valence-electron chi connectivity index (χ3n) is 5.92. The number of H-pyrrole nitrogens is 1. The first kappa shape index (κ1) is 18.4. The number of fused-ring (bicyclic) bond motifs is 3. The Hall–Kier alpha value is -1.67. The summed E-state index contributed by atoms with van der Waals surface area (Å²) in [6.45, 7) is 2.28. The van der Waals surface area contributed by atoms with E-state index >= 15 is 0 Å². The van der Waals surface area contributed by atoms with E-state index in [4.69, 9.17) is 9.40 Å². The van der Waals surface area contributed by atoms with Gasteiger partial charge in [-0.3, -0.25) is 4.79 Å². The maximum Gasteiger partial charge on any atom is 0.277 e. The average Bonchev–Trinajstić information content (AvgIpc) is 3.31. The number of aromatic amines is 1.